The van der Waals surface area contributed by atoms with Crippen LogP contribution in [-0.4, -0.2) is 16.9 Å². The first-order chi connectivity index (χ1) is 6.16. The molecule has 0 aliphatic heterocycles. The van der Waals surface area contributed by atoms with Gasteiger partial charge in [-0.1, -0.05) is 6.08 Å². The molecule has 74 valence electrons. The number of carbonyl (C=O) groups excluding carboxylic acids is 1. The lowest BCUT2D eigenvalue weighted by molar-refractivity contribution is -0.137. The van der Waals surface area contributed by atoms with E-state index in [1.165, 1.54) is 0 Å². The van der Waals surface area contributed by atoms with Crippen molar-refractivity contribution in [1.82, 2.24) is 0 Å². The molecule has 0 unspecified atom stereocenters. The molecule has 0 aromatic carbocycles. The third-order valence-electron chi connectivity index (χ3n) is 1.71. The van der Waals surface area contributed by atoms with Gasteiger partial charge in [-0.15, -0.1) is 6.58 Å². The highest BCUT2D eigenvalue weighted by atomic mass is 16.4. The maximum absolute atomic E-state index is 11.1. The molecule has 0 amide bonds. The molecule has 0 aromatic rings. The second-order valence-corrected chi connectivity index (χ2v) is 2.97. The van der Waals surface area contributed by atoms with Crippen LogP contribution in [0.5, 0.6) is 0 Å². The number of allylic oxidation sites excluding steroid dienone is 1. The van der Waals surface area contributed by atoms with Gasteiger partial charge >= 0.3 is 5.97 Å². The van der Waals surface area contributed by atoms with E-state index < -0.39 is 5.97 Å². The molecule has 0 atom stereocenters. The van der Waals surface area contributed by atoms with Crippen LogP contribution in [0.4, 0.5) is 0 Å². The SMILES string of the molecule is C=CCCCC(=O)CCCC(=O)O. The average molecular weight is 184 g/mol. The number of hydrogen-bond donors (Lipinski definition) is 1. The summed E-state index contributed by atoms with van der Waals surface area (Å²) in [5, 5.41) is 8.32. The third kappa shape index (κ3) is 8.79. The molecule has 1 N–H and O–H groups in total. The molecule has 0 aromatic heterocycles. The lowest BCUT2D eigenvalue weighted by Crippen LogP contribution is -2.00. The van der Waals surface area contributed by atoms with Gasteiger partial charge in [-0.25, -0.2) is 0 Å². The highest BCUT2D eigenvalue weighted by Gasteiger charge is 2.03. The Kier molecular flexibility index (Phi) is 6.88. The molecule has 0 aliphatic rings. The molecule has 0 spiro atoms. The van der Waals surface area contributed by atoms with Crippen molar-refractivity contribution in [3.63, 3.8) is 0 Å². The van der Waals surface area contributed by atoms with Crippen molar-refractivity contribution in [2.75, 3.05) is 0 Å². The number of carboxylic acids is 1. The van der Waals surface area contributed by atoms with E-state index in [1.54, 1.807) is 6.08 Å². The Bertz CT molecular complexity index is 185. The van der Waals surface area contributed by atoms with Crippen LogP contribution in [0.15, 0.2) is 12.7 Å². The fourth-order valence-electron chi connectivity index (χ4n) is 1.01. The number of unbranched alkanes of at least 4 members (excludes halogenated alkanes) is 1. The zero-order valence-corrected chi connectivity index (χ0v) is 7.79. The maximum atomic E-state index is 11.1. The zero-order valence-electron chi connectivity index (χ0n) is 7.79. The Hall–Kier alpha value is -1.12. The fraction of sp³-hybridized carbons (Fsp3) is 0.600. The monoisotopic (exact) mass is 184 g/mol. The van der Waals surface area contributed by atoms with Crippen molar-refractivity contribution in [2.45, 2.75) is 38.5 Å². The molecule has 13 heavy (non-hydrogen) atoms. The quantitative estimate of drug-likeness (QED) is 0.464. The van der Waals surface area contributed by atoms with E-state index in [4.69, 9.17) is 5.11 Å². The van der Waals surface area contributed by atoms with E-state index in [2.05, 4.69) is 6.58 Å². The van der Waals surface area contributed by atoms with Crippen LogP contribution in [0.25, 0.3) is 0 Å². The predicted octanol–water partition coefficient (Wildman–Crippen LogP) is 2.17. The van der Waals surface area contributed by atoms with Gasteiger partial charge in [0.1, 0.15) is 5.78 Å². The molecular weight excluding hydrogens is 168 g/mol. The Balaban J connectivity index is 3.30. The van der Waals surface area contributed by atoms with E-state index >= 15 is 0 Å². The van der Waals surface area contributed by atoms with E-state index in [0.717, 1.165) is 12.8 Å². The number of carbonyl (C=O) groups is 2. The molecule has 0 heterocycles. The van der Waals surface area contributed by atoms with Crippen LogP contribution in [0, 0.1) is 0 Å². The standard InChI is InChI=1S/C10H16O3/c1-2-3-4-6-9(11)7-5-8-10(12)13/h2H,1,3-8H2,(H,12,13). The zero-order chi connectivity index (χ0) is 10.1. The molecule has 0 fully saturated rings. The number of ketones is 1. The van der Waals surface area contributed by atoms with Gasteiger partial charge in [0.25, 0.3) is 0 Å². The Morgan fingerprint density at radius 2 is 1.77 bits per heavy atom. The first-order valence-electron chi connectivity index (χ1n) is 4.51. The summed E-state index contributed by atoms with van der Waals surface area (Å²) in [7, 11) is 0. The minimum atomic E-state index is -0.834. The predicted molar refractivity (Wildman–Crippen MR) is 50.5 cm³/mol. The molecular formula is C10H16O3. The van der Waals surface area contributed by atoms with Crippen LogP contribution >= 0.6 is 0 Å². The van der Waals surface area contributed by atoms with E-state index in [1.807, 2.05) is 0 Å². The maximum Gasteiger partial charge on any atom is 0.303 e. The van der Waals surface area contributed by atoms with Crippen LogP contribution in [0.1, 0.15) is 38.5 Å². The summed E-state index contributed by atoms with van der Waals surface area (Å²) < 4.78 is 0. The van der Waals surface area contributed by atoms with Gasteiger partial charge in [0.2, 0.25) is 0 Å². The second kappa shape index (κ2) is 7.53. The van der Waals surface area contributed by atoms with Gasteiger partial charge < -0.3 is 5.11 Å². The van der Waals surface area contributed by atoms with Gasteiger partial charge in [0.15, 0.2) is 0 Å². The molecule has 3 heteroatoms. The van der Waals surface area contributed by atoms with Gasteiger partial charge in [0.05, 0.1) is 0 Å². The van der Waals surface area contributed by atoms with E-state index in [0.29, 0.717) is 19.3 Å². The summed E-state index contributed by atoms with van der Waals surface area (Å²) in [5.74, 6) is -0.679. The molecule has 0 saturated heterocycles. The summed E-state index contributed by atoms with van der Waals surface area (Å²) in [6.07, 6.45) is 4.95. The highest BCUT2D eigenvalue weighted by Crippen LogP contribution is 2.03. The minimum absolute atomic E-state index is 0.0905. The molecule has 3 nitrogen and oxygen atoms in total. The van der Waals surface area contributed by atoms with Gasteiger partial charge in [0, 0.05) is 19.3 Å². The number of hydrogen-bond acceptors (Lipinski definition) is 2. The summed E-state index contributed by atoms with van der Waals surface area (Å²) in [6.45, 7) is 3.55. The third-order valence-corrected chi connectivity index (χ3v) is 1.71. The lowest BCUT2D eigenvalue weighted by Gasteiger charge is -1.97. The number of Topliss-reactive ketones (excluding diaryl/α,β-unsaturated/α-hetero) is 1. The molecule has 0 bridgehead atoms. The van der Waals surface area contributed by atoms with E-state index in [9.17, 15) is 9.59 Å². The lowest BCUT2D eigenvalue weighted by atomic mass is 10.1. The number of aliphatic carboxylic acids is 1. The van der Waals surface area contributed by atoms with Crippen molar-refractivity contribution in [2.24, 2.45) is 0 Å². The van der Waals surface area contributed by atoms with Crippen LogP contribution in [0.3, 0.4) is 0 Å². The van der Waals surface area contributed by atoms with Crippen molar-refractivity contribution in [3.8, 4) is 0 Å². The Morgan fingerprint density at radius 1 is 1.15 bits per heavy atom. The van der Waals surface area contributed by atoms with Crippen molar-refractivity contribution in [3.05, 3.63) is 12.7 Å². The van der Waals surface area contributed by atoms with Crippen LogP contribution < -0.4 is 0 Å². The smallest absolute Gasteiger partial charge is 0.303 e. The Labute approximate surface area is 78.5 Å². The average Bonchev–Trinajstić information content (AvgIpc) is 2.04. The Morgan fingerprint density at radius 3 is 2.31 bits per heavy atom. The summed E-state index contributed by atoms with van der Waals surface area (Å²) in [4.78, 5) is 21.2. The normalized spacial score (nSPS) is 9.54. The highest BCUT2D eigenvalue weighted by molar-refractivity contribution is 5.78. The van der Waals surface area contributed by atoms with Crippen LogP contribution in [-0.2, 0) is 9.59 Å². The summed E-state index contributed by atoms with van der Waals surface area (Å²) in [5.41, 5.74) is 0. The second-order valence-electron chi connectivity index (χ2n) is 2.97. The summed E-state index contributed by atoms with van der Waals surface area (Å²) in [6, 6.07) is 0. The van der Waals surface area contributed by atoms with Crippen molar-refractivity contribution >= 4 is 11.8 Å². The number of carboxylic acid groups (broad SMARTS) is 1. The minimum Gasteiger partial charge on any atom is -0.481 e. The van der Waals surface area contributed by atoms with E-state index in [-0.39, 0.29) is 12.2 Å². The fourth-order valence-corrected chi connectivity index (χ4v) is 1.01. The van der Waals surface area contributed by atoms with Gasteiger partial charge in [-0.3, -0.25) is 9.59 Å². The molecule has 0 aliphatic carbocycles. The topological polar surface area (TPSA) is 54.4 Å². The molecule has 0 radical (unpaired) electrons. The first-order valence-corrected chi connectivity index (χ1v) is 4.51. The van der Waals surface area contributed by atoms with Crippen molar-refractivity contribution in [1.29, 1.82) is 0 Å². The van der Waals surface area contributed by atoms with Crippen molar-refractivity contribution < 1.29 is 14.7 Å². The molecule has 0 rings (SSSR count). The number of rotatable bonds is 8. The van der Waals surface area contributed by atoms with Crippen LogP contribution in [0.2, 0.25) is 0 Å². The first kappa shape index (κ1) is 11.9. The molecule has 0 saturated carbocycles. The van der Waals surface area contributed by atoms with Gasteiger partial charge in [-0.05, 0) is 19.3 Å². The largest absolute Gasteiger partial charge is 0.481 e. The summed E-state index contributed by atoms with van der Waals surface area (Å²) >= 11 is 0. The van der Waals surface area contributed by atoms with Gasteiger partial charge in [-0.2, -0.15) is 0 Å².